The molecule has 14 heteroatoms. The maximum Gasteiger partial charge on any atom is 0.408 e. The fourth-order valence-electron chi connectivity index (χ4n) is 4.80. The van der Waals surface area contributed by atoms with Crippen LogP contribution in [0.25, 0.3) is 0 Å². The number of nitrogens with one attached hydrogen (secondary N) is 2. The number of alkyl halides is 2. The van der Waals surface area contributed by atoms with Crippen molar-refractivity contribution in [2.75, 3.05) is 12.4 Å². The molecule has 39 heavy (non-hydrogen) atoms. The predicted molar refractivity (Wildman–Crippen MR) is 135 cm³/mol. The maximum atomic E-state index is 15.0. The first kappa shape index (κ1) is 28.9. The fraction of sp³-hybridized carbons (Fsp3) is 0.640. The minimum absolute atomic E-state index is 0.0755. The van der Waals surface area contributed by atoms with Crippen molar-refractivity contribution in [2.45, 2.75) is 77.0 Å². The molecule has 2 fully saturated rings. The summed E-state index contributed by atoms with van der Waals surface area (Å²) >= 11 is 5.93. The van der Waals surface area contributed by atoms with Gasteiger partial charge in [0.1, 0.15) is 17.3 Å². The van der Waals surface area contributed by atoms with Gasteiger partial charge in [-0.2, -0.15) is 4.39 Å². The van der Waals surface area contributed by atoms with Crippen molar-refractivity contribution < 1.29 is 32.2 Å². The fourth-order valence-corrected chi connectivity index (χ4v) is 4.96. The van der Waals surface area contributed by atoms with Crippen LogP contribution in [0.2, 0.25) is 5.15 Å². The van der Waals surface area contributed by atoms with Crippen molar-refractivity contribution in [3.63, 3.8) is 0 Å². The lowest BCUT2D eigenvalue weighted by atomic mass is 9.88. The first-order chi connectivity index (χ1) is 18.4. The molecule has 2 N–H and O–H groups in total. The lowest BCUT2D eigenvalue weighted by molar-refractivity contribution is -0.120. The van der Waals surface area contributed by atoms with Crippen LogP contribution in [0.1, 0.15) is 64.5 Å². The van der Waals surface area contributed by atoms with Crippen LogP contribution in [0.3, 0.4) is 0 Å². The molecular formula is C25H32ClF3N6O4. The van der Waals surface area contributed by atoms with Crippen molar-refractivity contribution in [1.82, 2.24) is 25.3 Å². The van der Waals surface area contributed by atoms with E-state index >= 15 is 4.39 Å². The van der Waals surface area contributed by atoms with Gasteiger partial charge >= 0.3 is 6.09 Å². The number of nitrogens with zero attached hydrogens (tertiary/aromatic N) is 4. The molecule has 0 bridgehead atoms. The number of ether oxygens (including phenoxy) is 2. The summed E-state index contributed by atoms with van der Waals surface area (Å²) in [7, 11) is 1.28. The van der Waals surface area contributed by atoms with E-state index in [0.29, 0.717) is 0 Å². The molecule has 2 saturated carbocycles. The maximum absolute atomic E-state index is 15.0. The Balaban J connectivity index is 1.60. The van der Waals surface area contributed by atoms with E-state index in [-0.39, 0.29) is 40.0 Å². The molecule has 2 aliphatic carbocycles. The molecule has 2 aliphatic rings. The van der Waals surface area contributed by atoms with Gasteiger partial charge in [0.15, 0.2) is 5.15 Å². The number of hydrogen-bond acceptors (Lipinski definition) is 7. The third-order valence-corrected chi connectivity index (χ3v) is 6.83. The van der Waals surface area contributed by atoms with Crippen LogP contribution in [0.15, 0.2) is 12.3 Å². The minimum atomic E-state index is -2.79. The first-order valence-electron chi connectivity index (χ1n) is 12.8. The van der Waals surface area contributed by atoms with Crippen LogP contribution in [-0.4, -0.2) is 57.2 Å². The van der Waals surface area contributed by atoms with Gasteiger partial charge in [0.05, 0.1) is 19.3 Å². The van der Waals surface area contributed by atoms with Gasteiger partial charge < -0.3 is 20.1 Å². The third-order valence-electron chi connectivity index (χ3n) is 6.65. The van der Waals surface area contributed by atoms with E-state index in [4.69, 9.17) is 21.1 Å². The number of alkyl carbamates (subject to hydrolysis) is 1. The Labute approximate surface area is 229 Å². The number of rotatable bonds is 11. The molecule has 0 spiro atoms. The summed E-state index contributed by atoms with van der Waals surface area (Å²) in [5.41, 5.74) is -0.990. The first-order valence-corrected chi connectivity index (χ1v) is 13.1. The van der Waals surface area contributed by atoms with Gasteiger partial charge in [-0.3, -0.25) is 9.48 Å². The smallest absolute Gasteiger partial charge is 0.408 e. The zero-order valence-electron chi connectivity index (χ0n) is 22.1. The average molecular weight is 573 g/mol. The summed E-state index contributed by atoms with van der Waals surface area (Å²) < 4.78 is 53.6. The number of amides is 2. The Kier molecular flexibility index (Phi) is 8.57. The summed E-state index contributed by atoms with van der Waals surface area (Å²) in [5, 5.41) is 16.3. The van der Waals surface area contributed by atoms with Gasteiger partial charge in [-0.1, -0.05) is 11.6 Å². The molecule has 0 radical (unpaired) electrons. The molecule has 4 rings (SSSR count). The molecule has 0 saturated heterocycles. The zero-order valence-corrected chi connectivity index (χ0v) is 22.8. The molecule has 0 aromatic carbocycles. The SMILES string of the molecule is COc1nnc(Cl)cc1C(CC(F)F)n1cc(NC(=O)C(NC(=O)OC(C)(C)C)C(C2CC2)C2CC2)c(F)n1. The van der Waals surface area contributed by atoms with E-state index in [9.17, 15) is 18.4 Å². The lowest BCUT2D eigenvalue weighted by Gasteiger charge is -2.28. The van der Waals surface area contributed by atoms with E-state index in [2.05, 4.69) is 25.9 Å². The van der Waals surface area contributed by atoms with Crippen LogP contribution in [0.4, 0.5) is 23.7 Å². The number of anilines is 1. The third kappa shape index (κ3) is 7.52. The van der Waals surface area contributed by atoms with E-state index < -0.39 is 48.5 Å². The summed E-state index contributed by atoms with van der Waals surface area (Å²) in [6.45, 7) is 5.13. The topological polar surface area (TPSA) is 120 Å². The molecule has 2 unspecified atom stereocenters. The normalized spacial score (nSPS) is 17.2. The predicted octanol–water partition coefficient (Wildman–Crippen LogP) is 4.99. The Morgan fingerprint density at radius 3 is 2.36 bits per heavy atom. The highest BCUT2D eigenvalue weighted by molar-refractivity contribution is 6.29. The Hall–Kier alpha value is -3.09. The molecule has 2 amide bonds. The number of carbonyl (C=O) groups is 2. The van der Waals surface area contributed by atoms with Crippen LogP contribution in [0, 0.1) is 23.7 Å². The van der Waals surface area contributed by atoms with Gasteiger partial charge in [0, 0.05) is 12.0 Å². The molecule has 0 aliphatic heterocycles. The number of halogens is 4. The van der Waals surface area contributed by atoms with Crippen molar-refractivity contribution >= 4 is 29.3 Å². The summed E-state index contributed by atoms with van der Waals surface area (Å²) in [6.07, 6.45) is 0.552. The number of hydrogen-bond donors (Lipinski definition) is 2. The summed E-state index contributed by atoms with van der Waals surface area (Å²) in [5.74, 6) is -1.40. The molecule has 10 nitrogen and oxygen atoms in total. The van der Waals surface area contributed by atoms with Gasteiger partial charge in [0.2, 0.25) is 18.2 Å². The van der Waals surface area contributed by atoms with E-state index in [0.717, 1.165) is 36.6 Å². The van der Waals surface area contributed by atoms with Crippen molar-refractivity contribution in [3.05, 3.63) is 28.9 Å². The monoisotopic (exact) mass is 572 g/mol. The summed E-state index contributed by atoms with van der Waals surface area (Å²) in [4.78, 5) is 26.1. The molecule has 2 aromatic rings. The van der Waals surface area contributed by atoms with Gasteiger partial charge in [-0.25, -0.2) is 13.6 Å². The summed E-state index contributed by atoms with van der Waals surface area (Å²) in [6, 6.07) is -0.910. The van der Waals surface area contributed by atoms with Crippen molar-refractivity contribution in [1.29, 1.82) is 0 Å². The van der Waals surface area contributed by atoms with E-state index in [1.807, 2.05) is 0 Å². The number of methoxy groups -OCH3 is 1. The highest BCUT2D eigenvalue weighted by Crippen LogP contribution is 2.51. The molecule has 2 atom stereocenters. The largest absolute Gasteiger partial charge is 0.480 e. The van der Waals surface area contributed by atoms with Gasteiger partial charge in [-0.15, -0.1) is 15.3 Å². The Bertz CT molecular complexity index is 1190. The minimum Gasteiger partial charge on any atom is -0.480 e. The molecule has 214 valence electrons. The Morgan fingerprint density at radius 1 is 1.18 bits per heavy atom. The van der Waals surface area contributed by atoms with Crippen LogP contribution in [-0.2, 0) is 9.53 Å². The average Bonchev–Trinajstić information content (AvgIpc) is 3.76. The van der Waals surface area contributed by atoms with Gasteiger partial charge in [0.25, 0.3) is 5.95 Å². The zero-order chi connectivity index (χ0) is 28.5. The molecule has 2 aromatic heterocycles. The highest BCUT2D eigenvalue weighted by Gasteiger charge is 2.48. The van der Waals surface area contributed by atoms with Crippen LogP contribution in [0.5, 0.6) is 5.88 Å². The highest BCUT2D eigenvalue weighted by atomic mass is 35.5. The second-order valence-corrected chi connectivity index (χ2v) is 11.3. The molecule has 2 heterocycles. The van der Waals surface area contributed by atoms with Crippen molar-refractivity contribution in [3.8, 4) is 5.88 Å². The standard InChI is InChI=1S/C25H32ClF3N6O4/c1-25(2,3)39-24(37)31-20(19(12-5-6-12)13-7-8-13)22(36)30-15-11-35(34-21(15)29)16(10-18(27)28)14-9-17(26)32-33-23(14)38-4/h9,11-13,16,18-20H,5-8,10H2,1-4H3,(H,30,36)(H,31,37). The van der Waals surface area contributed by atoms with Crippen LogP contribution < -0.4 is 15.4 Å². The second kappa shape index (κ2) is 11.6. The van der Waals surface area contributed by atoms with Crippen LogP contribution >= 0.6 is 11.6 Å². The van der Waals surface area contributed by atoms with E-state index in [1.165, 1.54) is 13.2 Å². The van der Waals surface area contributed by atoms with E-state index in [1.54, 1.807) is 20.8 Å². The van der Waals surface area contributed by atoms with Gasteiger partial charge in [-0.05, 0) is 70.3 Å². The number of aromatic nitrogens is 4. The quantitative estimate of drug-likeness (QED) is 0.389. The lowest BCUT2D eigenvalue weighted by Crippen LogP contribution is -2.51. The molecular weight excluding hydrogens is 541 g/mol. The van der Waals surface area contributed by atoms with Crippen molar-refractivity contribution in [2.24, 2.45) is 17.8 Å². The second-order valence-electron chi connectivity index (χ2n) is 11.0. The number of carbonyl (C=O) groups excluding carboxylic acids is 2. The Morgan fingerprint density at radius 2 is 1.82 bits per heavy atom.